The van der Waals surface area contributed by atoms with Crippen molar-refractivity contribution in [2.45, 2.75) is 37.8 Å². The number of aliphatic carboxylic acids is 1. The van der Waals surface area contributed by atoms with Crippen LogP contribution in [-0.2, 0) is 27.2 Å². The lowest BCUT2D eigenvalue weighted by Crippen LogP contribution is -2.29. The molecular weight excluding hydrogens is 878 g/mol. The number of ether oxygens (including phenoxy) is 3. The number of likely N-dealkylation sites (N-methyl/N-ethyl adjacent to an activating group) is 2. The summed E-state index contributed by atoms with van der Waals surface area (Å²) in [5, 5.41) is 11.6. The topological polar surface area (TPSA) is 88.5 Å². The second kappa shape index (κ2) is 25.3. The molecule has 6 aromatic carbocycles. The molecule has 1 N–H and O–H groups in total. The Morgan fingerprint density at radius 3 is 1.08 bits per heavy atom. The standard InChI is InChI=1S/C26H27Cl2NO3.C25H25Cl2NO3/c1-29(17-18-32-24-14-3-19(4-15-24)5-16-25(30)31-2)26(20-6-10-22(27)11-7-20)21-8-12-23(28)13-9-21;1-28(16-17-31-23-13-2-18(3-14-23)4-15-24(29)30)25(19-5-9-21(26)10-6-19)20-7-11-22(27)12-8-20/h3-4,6-15,26H,5,16-18H2,1-2H3;2-3,5-14,25H,4,15-17H2,1H3,(H,29,30). The van der Waals surface area contributed by atoms with E-state index in [1.54, 1.807) is 0 Å². The summed E-state index contributed by atoms with van der Waals surface area (Å²) in [6.45, 7) is 2.48. The quantitative estimate of drug-likeness (QED) is 0.0758. The molecule has 6 aromatic rings. The van der Waals surface area contributed by atoms with Crippen molar-refractivity contribution in [3.8, 4) is 11.5 Å². The summed E-state index contributed by atoms with van der Waals surface area (Å²) < 4.78 is 16.6. The Morgan fingerprint density at radius 2 is 0.794 bits per heavy atom. The van der Waals surface area contributed by atoms with Gasteiger partial charge in [-0.15, -0.1) is 0 Å². The lowest BCUT2D eigenvalue weighted by Gasteiger charge is -2.29. The molecular formula is C51H52Cl4N2O6. The number of nitrogens with zero attached hydrogens (tertiary/aromatic N) is 2. The Balaban J connectivity index is 0.000000238. The number of rotatable bonds is 20. The predicted molar refractivity (Wildman–Crippen MR) is 255 cm³/mol. The molecule has 0 saturated heterocycles. The van der Waals surface area contributed by atoms with Gasteiger partial charge in [0.1, 0.15) is 24.7 Å². The minimum atomic E-state index is -0.792. The van der Waals surface area contributed by atoms with Crippen molar-refractivity contribution in [1.82, 2.24) is 9.80 Å². The molecule has 0 unspecified atom stereocenters. The SMILES string of the molecule is CN(CCOc1ccc(CCC(=O)O)cc1)C(c1ccc(Cl)cc1)c1ccc(Cl)cc1.COC(=O)CCc1ccc(OCCN(C)C(c2ccc(Cl)cc2)c2ccc(Cl)cc2)cc1. The van der Waals surface area contributed by atoms with Crippen molar-refractivity contribution in [3.05, 3.63) is 199 Å². The second-order valence-corrected chi connectivity index (χ2v) is 16.7. The summed E-state index contributed by atoms with van der Waals surface area (Å²) >= 11 is 24.3. The predicted octanol–water partition coefficient (Wildman–Crippen LogP) is 12.3. The van der Waals surface area contributed by atoms with Gasteiger partial charge in [0.05, 0.1) is 19.2 Å². The van der Waals surface area contributed by atoms with Gasteiger partial charge in [0.25, 0.3) is 0 Å². The van der Waals surface area contributed by atoms with Gasteiger partial charge < -0.3 is 19.3 Å². The van der Waals surface area contributed by atoms with Crippen LogP contribution < -0.4 is 9.47 Å². The zero-order valence-corrected chi connectivity index (χ0v) is 38.6. The molecule has 0 spiro atoms. The first kappa shape index (κ1) is 49.0. The summed E-state index contributed by atoms with van der Waals surface area (Å²) in [5.74, 6) is 0.570. The highest BCUT2D eigenvalue weighted by Gasteiger charge is 2.21. The maximum absolute atomic E-state index is 11.3. The van der Waals surface area contributed by atoms with E-state index in [4.69, 9.17) is 61.0 Å². The summed E-state index contributed by atoms with van der Waals surface area (Å²) in [6, 6.07) is 47.1. The van der Waals surface area contributed by atoms with Gasteiger partial charge in [0.2, 0.25) is 0 Å². The van der Waals surface area contributed by atoms with E-state index in [1.807, 2.05) is 146 Å². The van der Waals surface area contributed by atoms with Gasteiger partial charge in [-0.2, -0.15) is 0 Å². The molecule has 0 heterocycles. The molecule has 8 nitrogen and oxygen atoms in total. The van der Waals surface area contributed by atoms with Gasteiger partial charge in [-0.1, -0.05) is 119 Å². The lowest BCUT2D eigenvalue weighted by molar-refractivity contribution is -0.140. The van der Waals surface area contributed by atoms with Crippen molar-refractivity contribution in [2.24, 2.45) is 0 Å². The Bertz CT molecular complexity index is 2200. The fourth-order valence-corrected chi connectivity index (χ4v) is 7.46. The fourth-order valence-electron chi connectivity index (χ4n) is 6.96. The van der Waals surface area contributed by atoms with Gasteiger partial charge in [-0.25, -0.2) is 0 Å². The van der Waals surface area contributed by atoms with Crippen LogP contribution in [-0.4, -0.2) is 74.4 Å². The maximum Gasteiger partial charge on any atom is 0.305 e. The Morgan fingerprint density at radius 1 is 0.492 bits per heavy atom. The highest BCUT2D eigenvalue weighted by Crippen LogP contribution is 2.31. The number of halogens is 4. The summed E-state index contributed by atoms with van der Waals surface area (Å²) in [5.41, 5.74) is 6.63. The number of carbonyl (C=O) groups excluding carboxylic acids is 1. The van der Waals surface area contributed by atoms with Gasteiger partial charge in [-0.05, 0) is 133 Å². The van der Waals surface area contributed by atoms with Crippen molar-refractivity contribution < 1.29 is 28.9 Å². The van der Waals surface area contributed by atoms with Crippen LogP contribution in [0.3, 0.4) is 0 Å². The number of hydrogen-bond donors (Lipinski definition) is 1. The third-order valence-corrected chi connectivity index (χ3v) is 11.4. The number of aryl methyl sites for hydroxylation is 2. The molecule has 0 aliphatic heterocycles. The number of carboxylic acid groups (broad SMARTS) is 1. The highest BCUT2D eigenvalue weighted by molar-refractivity contribution is 6.31. The van der Waals surface area contributed by atoms with Gasteiger partial charge in [-0.3, -0.25) is 19.4 Å². The van der Waals surface area contributed by atoms with Crippen molar-refractivity contribution in [1.29, 1.82) is 0 Å². The number of carboxylic acids is 1. The lowest BCUT2D eigenvalue weighted by atomic mass is 9.97. The van der Waals surface area contributed by atoms with E-state index in [2.05, 4.69) is 28.6 Å². The van der Waals surface area contributed by atoms with Crippen LogP contribution in [0.25, 0.3) is 0 Å². The van der Waals surface area contributed by atoms with E-state index in [-0.39, 0.29) is 24.5 Å². The zero-order valence-electron chi connectivity index (χ0n) is 35.6. The van der Waals surface area contributed by atoms with E-state index in [0.29, 0.717) is 59.1 Å². The molecule has 63 heavy (non-hydrogen) atoms. The Kier molecular flexibility index (Phi) is 19.7. The molecule has 0 aliphatic carbocycles. The molecule has 0 saturated carbocycles. The molecule has 330 valence electrons. The first-order valence-electron chi connectivity index (χ1n) is 20.5. The largest absolute Gasteiger partial charge is 0.492 e. The summed E-state index contributed by atoms with van der Waals surface area (Å²) in [6.07, 6.45) is 1.67. The summed E-state index contributed by atoms with van der Waals surface area (Å²) in [4.78, 5) is 26.5. The monoisotopic (exact) mass is 928 g/mol. The number of esters is 1. The van der Waals surface area contributed by atoms with Crippen LogP contribution in [0, 0.1) is 0 Å². The minimum Gasteiger partial charge on any atom is -0.492 e. The molecule has 0 aliphatic rings. The van der Waals surface area contributed by atoms with Crippen LogP contribution in [0.15, 0.2) is 146 Å². The average molecular weight is 931 g/mol. The molecule has 0 radical (unpaired) electrons. The van der Waals surface area contributed by atoms with Crippen LogP contribution >= 0.6 is 46.4 Å². The zero-order chi connectivity index (χ0) is 45.1. The van der Waals surface area contributed by atoms with Gasteiger partial charge >= 0.3 is 11.9 Å². The van der Waals surface area contributed by atoms with E-state index >= 15 is 0 Å². The first-order valence-corrected chi connectivity index (χ1v) is 22.0. The van der Waals surface area contributed by atoms with E-state index in [1.165, 1.54) is 7.11 Å². The van der Waals surface area contributed by atoms with Crippen LogP contribution in [0.5, 0.6) is 11.5 Å². The molecule has 0 fully saturated rings. The van der Waals surface area contributed by atoms with Crippen molar-refractivity contribution in [3.63, 3.8) is 0 Å². The summed E-state index contributed by atoms with van der Waals surface area (Å²) in [7, 11) is 5.54. The Labute approximate surface area is 390 Å². The van der Waals surface area contributed by atoms with Crippen molar-refractivity contribution >= 4 is 58.3 Å². The van der Waals surface area contributed by atoms with Gasteiger partial charge in [0.15, 0.2) is 0 Å². The van der Waals surface area contributed by atoms with E-state index < -0.39 is 5.97 Å². The number of methoxy groups -OCH3 is 1. The maximum atomic E-state index is 11.3. The fraction of sp³-hybridized carbons (Fsp3) is 0.255. The Hall–Kier alpha value is -5.06. The third-order valence-electron chi connectivity index (χ3n) is 10.4. The molecule has 6 rings (SSSR count). The minimum absolute atomic E-state index is 0.0385. The molecule has 0 amide bonds. The second-order valence-electron chi connectivity index (χ2n) is 14.9. The molecule has 12 heteroatoms. The smallest absolute Gasteiger partial charge is 0.305 e. The molecule has 0 bridgehead atoms. The van der Waals surface area contributed by atoms with Crippen LogP contribution in [0.1, 0.15) is 58.3 Å². The molecule has 0 aromatic heterocycles. The third kappa shape index (κ3) is 16.2. The number of benzene rings is 6. The van der Waals surface area contributed by atoms with E-state index in [0.717, 1.165) is 51.4 Å². The van der Waals surface area contributed by atoms with Gasteiger partial charge in [0, 0.05) is 46.0 Å². The highest BCUT2D eigenvalue weighted by atomic mass is 35.5. The van der Waals surface area contributed by atoms with E-state index in [9.17, 15) is 9.59 Å². The number of carbonyl (C=O) groups is 2. The normalized spacial score (nSPS) is 11.1. The van der Waals surface area contributed by atoms with Crippen molar-refractivity contribution in [2.75, 3.05) is 47.5 Å². The average Bonchev–Trinajstić information content (AvgIpc) is 3.28. The van der Waals surface area contributed by atoms with Crippen LogP contribution in [0.4, 0.5) is 0 Å². The number of hydrogen-bond acceptors (Lipinski definition) is 7. The molecule has 0 atom stereocenters. The first-order chi connectivity index (χ1) is 30.4. The van der Waals surface area contributed by atoms with Crippen LogP contribution in [0.2, 0.25) is 20.1 Å².